The zero-order chi connectivity index (χ0) is 17.4. The molecule has 0 aliphatic rings. The van der Waals surface area contributed by atoms with Gasteiger partial charge in [0.05, 0.1) is 18.4 Å². The molecule has 0 aliphatic heterocycles. The van der Waals surface area contributed by atoms with Crippen LogP contribution in [-0.4, -0.2) is 16.6 Å². The molecule has 0 bridgehead atoms. The lowest BCUT2D eigenvalue weighted by Gasteiger charge is -2.37. The van der Waals surface area contributed by atoms with Crippen LogP contribution in [0.4, 0.5) is 0 Å². The fourth-order valence-electron chi connectivity index (χ4n) is 1.38. The van der Waals surface area contributed by atoms with E-state index in [1.165, 1.54) is 0 Å². The molecule has 0 atom stereocenters. The van der Waals surface area contributed by atoms with Crippen molar-refractivity contribution in [2.24, 2.45) is 0 Å². The first-order valence-electron chi connectivity index (χ1n) is 8.07. The van der Waals surface area contributed by atoms with Crippen molar-refractivity contribution in [3.8, 4) is 5.95 Å². The lowest BCUT2D eigenvalue weighted by Crippen LogP contribution is -2.44. The molecular weight excluding hydrogens is 308 g/mol. The van der Waals surface area contributed by atoms with E-state index in [4.69, 9.17) is 13.3 Å². The second-order valence-corrected chi connectivity index (χ2v) is 18.7. The Labute approximate surface area is 138 Å². The summed E-state index contributed by atoms with van der Waals surface area (Å²) in [5.41, 5.74) is 1.02. The van der Waals surface area contributed by atoms with Gasteiger partial charge in [0.1, 0.15) is 0 Å². The van der Waals surface area contributed by atoms with Gasteiger partial charge in [0, 0.05) is 0 Å². The van der Waals surface area contributed by atoms with Crippen LogP contribution in [0.2, 0.25) is 36.3 Å². The van der Waals surface area contributed by atoms with Gasteiger partial charge in [0.15, 0.2) is 8.32 Å². The third kappa shape index (κ3) is 4.49. The van der Waals surface area contributed by atoms with Crippen LogP contribution < -0.4 is 4.43 Å². The number of hydrogen-bond donors (Lipinski definition) is 0. The Bertz CT molecular complexity index is 491. The fourth-order valence-corrected chi connectivity index (χ4v) is 3.28. The van der Waals surface area contributed by atoms with Crippen LogP contribution >= 0.6 is 0 Å². The maximum atomic E-state index is 6.30. The van der Waals surface area contributed by atoms with E-state index >= 15 is 0 Å². The van der Waals surface area contributed by atoms with Crippen molar-refractivity contribution in [2.45, 2.75) is 84.4 Å². The maximum Gasteiger partial charge on any atom is 0.276 e. The monoisotopic (exact) mass is 342 g/mol. The number of hydrogen-bond acceptors (Lipinski definition) is 3. The quantitative estimate of drug-likeness (QED) is 0.598. The molecule has 0 radical (unpaired) electrons. The maximum absolute atomic E-state index is 6.30. The van der Waals surface area contributed by atoms with Crippen LogP contribution in [0.15, 0.2) is 16.7 Å². The van der Waals surface area contributed by atoms with E-state index in [1.807, 2.05) is 6.07 Å². The van der Waals surface area contributed by atoms with Crippen molar-refractivity contribution in [3.63, 3.8) is 0 Å². The Hall–Kier alpha value is -0.526. The molecule has 0 saturated heterocycles. The summed E-state index contributed by atoms with van der Waals surface area (Å²) in [5, 5.41) is 0.356. The van der Waals surface area contributed by atoms with Crippen LogP contribution in [-0.2, 0) is 11.0 Å². The first-order chi connectivity index (χ1) is 9.67. The minimum atomic E-state index is -1.89. The normalized spacial score (nSPS) is 14.3. The molecule has 0 spiro atoms. The van der Waals surface area contributed by atoms with Gasteiger partial charge in [0.25, 0.3) is 14.3 Å². The molecule has 128 valence electrons. The molecule has 1 aromatic rings. The van der Waals surface area contributed by atoms with Crippen LogP contribution in [0.25, 0.3) is 0 Å². The Morgan fingerprint density at radius 2 is 1.41 bits per heavy atom. The van der Waals surface area contributed by atoms with Crippen LogP contribution in [0.5, 0.6) is 5.95 Å². The Morgan fingerprint density at radius 3 is 1.86 bits per heavy atom. The number of rotatable bonds is 5. The zero-order valence-corrected chi connectivity index (χ0v) is 18.1. The van der Waals surface area contributed by atoms with Crippen molar-refractivity contribution in [3.05, 3.63) is 17.9 Å². The first kappa shape index (κ1) is 19.5. The fraction of sp³-hybridized carbons (Fsp3) is 0.765. The van der Waals surface area contributed by atoms with E-state index in [2.05, 4.69) is 67.7 Å². The zero-order valence-electron chi connectivity index (χ0n) is 16.1. The van der Waals surface area contributed by atoms with E-state index in [1.54, 1.807) is 6.26 Å². The molecule has 22 heavy (non-hydrogen) atoms. The minimum absolute atomic E-state index is 0.150. The summed E-state index contributed by atoms with van der Waals surface area (Å²) >= 11 is 0. The SMILES string of the molecule is CC(C)(C)[Si](C)(C)OCc1ccoc1O[Si](C)(C)C(C)(C)C. The molecule has 3 nitrogen and oxygen atoms in total. The highest BCUT2D eigenvalue weighted by molar-refractivity contribution is 6.75. The molecule has 0 unspecified atom stereocenters. The van der Waals surface area contributed by atoms with Crippen molar-refractivity contribution < 1.29 is 13.3 Å². The van der Waals surface area contributed by atoms with Crippen LogP contribution in [0, 0.1) is 0 Å². The second-order valence-electron chi connectivity index (χ2n) is 9.14. The van der Waals surface area contributed by atoms with E-state index in [0.717, 1.165) is 5.56 Å². The van der Waals surface area contributed by atoms with Crippen LogP contribution in [0.1, 0.15) is 47.1 Å². The van der Waals surface area contributed by atoms with Gasteiger partial charge >= 0.3 is 0 Å². The Kier molecular flexibility index (Phi) is 5.47. The predicted molar refractivity (Wildman–Crippen MR) is 98.5 cm³/mol. The van der Waals surface area contributed by atoms with Gasteiger partial charge in [-0.3, -0.25) is 0 Å². The molecule has 1 rings (SSSR count). The smallest absolute Gasteiger partial charge is 0.276 e. The standard InChI is InChI=1S/C17H34O3Si2/c1-16(2,3)21(7,8)19-13-14-11-12-18-15(14)20-22(9,10)17(4,5)6/h11-12H,13H2,1-10H3. The average molecular weight is 343 g/mol. The van der Waals surface area contributed by atoms with Crippen molar-refractivity contribution in [1.29, 1.82) is 0 Å². The molecule has 5 heteroatoms. The van der Waals surface area contributed by atoms with Gasteiger partial charge in [-0.05, 0) is 42.3 Å². The van der Waals surface area contributed by atoms with Crippen LogP contribution in [0.3, 0.4) is 0 Å². The summed E-state index contributed by atoms with van der Waals surface area (Å²) in [6.07, 6.45) is 1.70. The van der Waals surface area contributed by atoms with Gasteiger partial charge in [-0.2, -0.15) is 0 Å². The highest BCUT2D eigenvalue weighted by Gasteiger charge is 2.41. The first-order valence-corrected chi connectivity index (χ1v) is 13.9. The highest BCUT2D eigenvalue weighted by Crippen LogP contribution is 2.40. The summed E-state index contributed by atoms with van der Waals surface area (Å²) in [4.78, 5) is 0. The van der Waals surface area contributed by atoms with E-state index in [0.29, 0.717) is 12.6 Å². The molecule has 0 amide bonds. The third-order valence-corrected chi connectivity index (χ3v) is 14.0. The minimum Gasteiger partial charge on any atom is -0.518 e. The molecule has 0 aromatic carbocycles. The van der Waals surface area contributed by atoms with E-state index < -0.39 is 16.6 Å². The summed E-state index contributed by atoms with van der Waals surface area (Å²) in [5.74, 6) is 0.644. The number of furan rings is 1. The van der Waals surface area contributed by atoms with Gasteiger partial charge in [-0.25, -0.2) is 0 Å². The third-order valence-electron chi connectivity index (χ3n) is 5.26. The van der Waals surface area contributed by atoms with Gasteiger partial charge in [-0.1, -0.05) is 41.5 Å². The predicted octanol–water partition coefficient (Wildman–Crippen LogP) is 6.19. The second kappa shape index (κ2) is 6.17. The van der Waals surface area contributed by atoms with Crippen molar-refractivity contribution in [1.82, 2.24) is 0 Å². The Balaban J connectivity index is 2.84. The lowest BCUT2D eigenvalue weighted by molar-refractivity contribution is 0.266. The summed E-state index contributed by atoms with van der Waals surface area (Å²) < 4.78 is 18.2. The molecule has 0 saturated carbocycles. The molecule has 0 fully saturated rings. The molecular formula is C17H34O3Si2. The average Bonchev–Trinajstić information content (AvgIpc) is 2.70. The largest absolute Gasteiger partial charge is 0.518 e. The van der Waals surface area contributed by atoms with Gasteiger partial charge < -0.3 is 13.3 Å². The lowest BCUT2D eigenvalue weighted by atomic mass is 10.2. The van der Waals surface area contributed by atoms with Gasteiger partial charge in [0.2, 0.25) is 0 Å². The van der Waals surface area contributed by atoms with E-state index in [-0.39, 0.29) is 10.1 Å². The summed E-state index contributed by atoms with van der Waals surface area (Å²) in [7, 11) is -3.66. The molecule has 0 N–H and O–H groups in total. The molecule has 1 aromatic heterocycles. The molecule has 0 aliphatic carbocycles. The summed E-state index contributed by atoms with van der Waals surface area (Å²) in [6, 6.07) is 1.97. The molecule has 1 heterocycles. The highest BCUT2D eigenvalue weighted by atomic mass is 28.4. The Morgan fingerprint density at radius 1 is 0.909 bits per heavy atom. The summed E-state index contributed by atoms with van der Waals surface area (Å²) in [6.45, 7) is 23.0. The van der Waals surface area contributed by atoms with E-state index in [9.17, 15) is 0 Å². The van der Waals surface area contributed by atoms with Gasteiger partial charge in [-0.15, -0.1) is 0 Å². The van der Waals surface area contributed by atoms with Crippen molar-refractivity contribution >= 4 is 16.6 Å². The van der Waals surface area contributed by atoms with Crippen molar-refractivity contribution in [2.75, 3.05) is 0 Å². The topological polar surface area (TPSA) is 31.6 Å².